The first-order valence-corrected chi connectivity index (χ1v) is 8.27. The largest absolute Gasteiger partial charge is 0.448 e. The van der Waals surface area contributed by atoms with Gasteiger partial charge in [0.2, 0.25) is 0 Å². The molecule has 0 radical (unpaired) electrons. The minimum absolute atomic E-state index is 0.236. The van der Waals surface area contributed by atoms with Crippen molar-refractivity contribution >= 4 is 29.1 Å². The fourth-order valence-electron chi connectivity index (χ4n) is 2.56. The summed E-state index contributed by atoms with van der Waals surface area (Å²) in [5.74, 6) is 0.590. The summed E-state index contributed by atoms with van der Waals surface area (Å²) in [5.41, 5.74) is 1.17. The first kappa shape index (κ1) is 16.3. The summed E-state index contributed by atoms with van der Waals surface area (Å²) >= 11 is 11.8. The molecule has 2 aromatic rings. The van der Waals surface area contributed by atoms with E-state index in [0.717, 1.165) is 31.5 Å². The first-order chi connectivity index (χ1) is 11.1. The van der Waals surface area contributed by atoms with E-state index >= 15 is 0 Å². The number of hydrogen-bond donors (Lipinski definition) is 2. The Kier molecular flexibility index (Phi) is 5.20. The molecule has 1 aliphatic rings. The van der Waals surface area contributed by atoms with E-state index in [1.165, 1.54) is 6.26 Å². The molecule has 2 heterocycles. The lowest BCUT2D eigenvalue weighted by Gasteiger charge is -2.19. The Hall–Kier alpha value is -1.56. The van der Waals surface area contributed by atoms with Gasteiger partial charge in [0.15, 0.2) is 11.6 Å². The number of nitrogens with one attached hydrogen (secondary N) is 2. The van der Waals surface area contributed by atoms with E-state index in [9.17, 15) is 4.79 Å². The van der Waals surface area contributed by atoms with E-state index in [1.54, 1.807) is 12.1 Å². The van der Waals surface area contributed by atoms with Crippen LogP contribution in [0.2, 0.25) is 10.0 Å². The van der Waals surface area contributed by atoms with E-state index in [4.69, 9.17) is 27.6 Å². The van der Waals surface area contributed by atoms with Crippen molar-refractivity contribution in [3.63, 3.8) is 0 Å². The van der Waals surface area contributed by atoms with Crippen LogP contribution in [0.5, 0.6) is 0 Å². The van der Waals surface area contributed by atoms with Crippen molar-refractivity contribution in [3.8, 4) is 0 Å². The summed E-state index contributed by atoms with van der Waals surface area (Å²) in [4.78, 5) is 16.5. The van der Waals surface area contributed by atoms with Crippen LogP contribution in [0.4, 0.5) is 0 Å². The molecule has 0 aliphatic carbocycles. The van der Waals surface area contributed by atoms with Crippen molar-refractivity contribution in [1.82, 2.24) is 15.6 Å². The van der Waals surface area contributed by atoms with E-state index < -0.39 is 0 Å². The predicted molar refractivity (Wildman–Crippen MR) is 89.0 cm³/mol. The van der Waals surface area contributed by atoms with Gasteiger partial charge < -0.3 is 15.1 Å². The highest BCUT2D eigenvalue weighted by molar-refractivity contribution is 6.42. The molecule has 1 fully saturated rings. The average molecular weight is 354 g/mol. The van der Waals surface area contributed by atoms with E-state index in [2.05, 4.69) is 15.6 Å². The van der Waals surface area contributed by atoms with Crippen LogP contribution in [-0.4, -0.2) is 24.0 Å². The topological polar surface area (TPSA) is 67.2 Å². The van der Waals surface area contributed by atoms with Crippen molar-refractivity contribution in [2.24, 2.45) is 0 Å². The Morgan fingerprint density at radius 2 is 2.26 bits per heavy atom. The summed E-state index contributed by atoms with van der Waals surface area (Å²) in [6.45, 7) is 2.21. The molecule has 23 heavy (non-hydrogen) atoms. The summed E-state index contributed by atoms with van der Waals surface area (Å²) in [5, 5.41) is 7.06. The maximum Gasteiger partial charge on any atom is 0.273 e. The van der Waals surface area contributed by atoms with Crippen molar-refractivity contribution in [1.29, 1.82) is 0 Å². The van der Waals surface area contributed by atoms with Gasteiger partial charge in [-0.3, -0.25) is 4.79 Å². The molecule has 1 amide bonds. The molecular formula is C16H17Cl2N3O2. The van der Waals surface area contributed by atoms with E-state index in [1.807, 2.05) is 6.07 Å². The Morgan fingerprint density at radius 3 is 3.00 bits per heavy atom. The second kappa shape index (κ2) is 7.34. The fraction of sp³-hybridized carbons (Fsp3) is 0.375. The minimum atomic E-state index is -0.269. The van der Waals surface area contributed by atoms with Crippen LogP contribution in [0.1, 0.15) is 40.7 Å². The standard InChI is InChI=1S/C16H17Cl2N3O2/c17-12-4-3-10(6-13(12)18)7-20-15(22)14-9-23-16(21-14)11-2-1-5-19-8-11/h3-4,6,9,11,19H,1-2,5,7-8H2,(H,20,22). The number of nitrogens with zero attached hydrogens (tertiary/aromatic N) is 1. The van der Waals surface area contributed by atoms with Crippen LogP contribution >= 0.6 is 23.2 Å². The normalized spacial score (nSPS) is 17.9. The Labute approximate surface area is 144 Å². The number of benzene rings is 1. The van der Waals surface area contributed by atoms with Crippen LogP contribution in [-0.2, 0) is 6.54 Å². The van der Waals surface area contributed by atoms with Gasteiger partial charge in [0.05, 0.1) is 10.0 Å². The highest BCUT2D eigenvalue weighted by Crippen LogP contribution is 2.23. The number of halogens is 2. The summed E-state index contributed by atoms with van der Waals surface area (Å²) < 4.78 is 5.46. The fourth-order valence-corrected chi connectivity index (χ4v) is 2.89. The molecule has 3 rings (SSSR count). The number of aromatic nitrogens is 1. The number of carbonyl (C=O) groups is 1. The molecule has 1 aliphatic heterocycles. The molecule has 1 unspecified atom stereocenters. The molecule has 122 valence electrons. The van der Waals surface area contributed by atoms with Gasteiger partial charge in [0, 0.05) is 19.0 Å². The lowest BCUT2D eigenvalue weighted by atomic mass is 10.00. The number of carbonyl (C=O) groups excluding carboxylic acids is 1. The zero-order valence-electron chi connectivity index (χ0n) is 12.4. The van der Waals surface area contributed by atoms with Gasteiger partial charge in [0.25, 0.3) is 5.91 Å². The molecule has 0 spiro atoms. The third kappa shape index (κ3) is 4.05. The second-order valence-corrected chi connectivity index (χ2v) is 6.36. The molecule has 0 bridgehead atoms. The molecule has 1 atom stereocenters. The van der Waals surface area contributed by atoms with Crippen LogP contribution in [0, 0.1) is 0 Å². The zero-order chi connectivity index (χ0) is 16.2. The van der Waals surface area contributed by atoms with Gasteiger partial charge in [0.1, 0.15) is 6.26 Å². The molecular weight excluding hydrogens is 337 g/mol. The molecule has 0 saturated carbocycles. The minimum Gasteiger partial charge on any atom is -0.448 e. The van der Waals surface area contributed by atoms with Crippen LogP contribution in [0.3, 0.4) is 0 Å². The predicted octanol–water partition coefficient (Wildman–Crippen LogP) is 3.38. The molecule has 5 nitrogen and oxygen atoms in total. The molecule has 2 N–H and O–H groups in total. The van der Waals surface area contributed by atoms with Gasteiger partial charge in [-0.2, -0.15) is 0 Å². The van der Waals surface area contributed by atoms with Gasteiger partial charge in [-0.25, -0.2) is 4.98 Å². The average Bonchev–Trinajstić information content (AvgIpc) is 3.06. The molecule has 1 aromatic carbocycles. The van der Waals surface area contributed by atoms with Gasteiger partial charge in [-0.1, -0.05) is 29.3 Å². The van der Waals surface area contributed by atoms with Crippen molar-refractivity contribution in [3.05, 3.63) is 51.7 Å². The SMILES string of the molecule is O=C(NCc1ccc(Cl)c(Cl)c1)c1coc(C2CCCNC2)n1. The molecule has 1 saturated heterocycles. The second-order valence-electron chi connectivity index (χ2n) is 5.55. The Bertz CT molecular complexity index is 696. The van der Waals surface area contributed by atoms with E-state index in [-0.39, 0.29) is 11.8 Å². The lowest BCUT2D eigenvalue weighted by Crippen LogP contribution is -2.28. The summed E-state index contributed by atoms with van der Waals surface area (Å²) in [6.07, 6.45) is 3.53. The van der Waals surface area contributed by atoms with Gasteiger partial charge >= 0.3 is 0 Å². The zero-order valence-corrected chi connectivity index (χ0v) is 14.0. The number of oxazole rings is 1. The number of rotatable bonds is 4. The maximum atomic E-state index is 12.2. The molecule has 7 heteroatoms. The Balaban J connectivity index is 1.59. The smallest absolute Gasteiger partial charge is 0.273 e. The number of hydrogen-bond acceptors (Lipinski definition) is 4. The van der Waals surface area contributed by atoms with Crippen molar-refractivity contribution < 1.29 is 9.21 Å². The Morgan fingerprint density at radius 1 is 1.39 bits per heavy atom. The number of piperidine rings is 1. The van der Waals surface area contributed by atoms with Gasteiger partial charge in [-0.15, -0.1) is 0 Å². The highest BCUT2D eigenvalue weighted by atomic mass is 35.5. The van der Waals surface area contributed by atoms with Crippen molar-refractivity contribution in [2.75, 3.05) is 13.1 Å². The third-order valence-electron chi connectivity index (χ3n) is 3.84. The lowest BCUT2D eigenvalue weighted by molar-refractivity contribution is 0.0946. The summed E-state index contributed by atoms with van der Waals surface area (Å²) in [7, 11) is 0. The first-order valence-electron chi connectivity index (χ1n) is 7.52. The summed E-state index contributed by atoms with van der Waals surface area (Å²) in [6, 6.07) is 5.25. The van der Waals surface area contributed by atoms with Crippen LogP contribution < -0.4 is 10.6 Å². The van der Waals surface area contributed by atoms with E-state index in [0.29, 0.717) is 28.2 Å². The highest BCUT2D eigenvalue weighted by Gasteiger charge is 2.21. The molecule has 1 aromatic heterocycles. The van der Waals surface area contributed by atoms with Gasteiger partial charge in [-0.05, 0) is 37.1 Å². The maximum absolute atomic E-state index is 12.2. The quantitative estimate of drug-likeness (QED) is 0.883. The van der Waals surface area contributed by atoms with Crippen LogP contribution in [0.15, 0.2) is 28.9 Å². The van der Waals surface area contributed by atoms with Crippen LogP contribution in [0.25, 0.3) is 0 Å². The van der Waals surface area contributed by atoms with Crippen molar-refractivity contribution in [2.45, 2.75) is 25.3 Å². The number of amides is 1. The monoisotopic (exact) mass is 353 g/mol. The third-order valence-corrected chi connectivity index (χ3v) is 4.58.